The standard InChI is InChI=1S/C20H26FN5O/c21-17-6-3-7-18(26-10-1-2-11-26)16(17)13-23-20-22-9-8-19(25-20)24-15-5-4-12-27-14-15/h3,6-9,15H,1-2,4-5,10-14H2,(H2,22,23,24,25)/t15-/m0/s1. The predicted molar refractivity (Wildman–Crippen MR) is 105 cm³/mol. The van der Waals surface area contributed by atoms with Crippen LogP contribution in [0.5, 0.6) is 0 Å². The minimum Gasteiger partial charge on any atom is -0.379 e. The van der Waals surface area contributed by atoms with Crippen LogP contribution in [-0.2, 0) is 11.3 Å². The van der Waals surface area contributed by atoms with E-state index < -0.39 is 0 Å². The van der Waals surface area contributed by atoms with Crippen LogP contribution in [0.1, 0.15) is 31.2 Å². The summed E-state index contributed by atoms with van der Waals surface area (Å²) in [6.45, 7) is 3.85. The summed E-state index contributed by atoms with van der Waals surface area (Å²) >= 11 is 0. The van der Waals surface area contributed by atoms with Crippen molar-refractivity contribution in [2.75, 3.05) is 41.8 Å². The summed E-state index contributed by atoms with van der Waals surface area (Å²) in [4.78, 5) is 11.0. The summed E-state index contributed by atoms with van der Waals surface area (Å²) in [5, 5.41) is 6.57. The van der Waals surface area contributed by atoms with Crippen LogP contribution in [0.2, 0.25) is 0 Å². The number of aromatic nitrogens is 2. The van der Waals surface area contributed by atoms with Crippen LogP contribution < -0.4 is 15.5 Å². The van der Waals surface area contributed by atoms with Gasteiger partial charge in [0.1, 0.15) is 11.6 Å². The molecule has 3 heterocycles. The molecule has 2 aliphatic heterocycles. The van der Waals surface area contributed by atoms with Gasteiger partial charge in [-0.3, -0.25) is 0 Å². The second kappa shape index (κ2) is 8.52. The lowest BCUT2D eigenvalue weighted by molar-refractivity contribution is 0.0875. The van der Waals surface area contributed by atoms with E-state index in [9.17, 15) is 4.39 Å². The van der Waals surface area contributed by atoms with E-state index >= 15 is 0 Å². The van der Waals surface area contributed by atoms with Crippen molar-refractivity contribution in [3.05, 3.63) is 41.8 Å². The largest absolute Gasteiger partial charge is 0.379 e. The van der Waals surface area contributed by atoms with E-state index in [-0.39, 0.29) is 11.9 Å². The third kappa shape index (κ3) is 4.47. The Kier molecular flexibility index (Phi) is 5.67. The van der Waals surface area contributed by atoms with Gasteiger partial charge in [0.2, 0.25) is 5.95 Å². The maximum absolute atomic E-state index is 14.5. The molecule has 2 N–H and O–H groups in total. The monoisotopic (exact) mass is 371 g/mol. The minimum absolute atomic E-state index is 0.194. The molecule has 0 spiro atoms. The fraction of sp³-hybridized carbons (Fsp3) is 0.500. The highest BCUT2D eigenvalue weighted by Gasteiger charge is 2.18. The van der Waals surface area contributed by atoms with E-state index in [1.54, 1.807) is 12.3 Å². The first-order valence-electron chi connectivity index (χ1n) is 9.73. The molecule has 7 heteroatoms. The maximum Gasteiger partial charge on any atom is 0.224 e. The molecule has 0 bridgehead atoms. The highest BCUT2D eigenvalue weighted by molar-refractivity contribution is 5.56. The van der Waals surface area contributed by atoms with Gasteiger partial charge in [0.05, 0.1) is 12.6 Å². The molecular formula is C20H26FN5O. The van der Waals surface area contributed by atoms with Crippen LogP contribution in [0, 0.1) is 5.82 Å². The Morgan fingerprint density at radius 3 is 2.89 bits per heavy atom. The maximum atomic E-state index is 14.5. The van der Waals surface area contributed by atoms with Crippen LogP contribution >= 0.6 is 0 Å². The fourth-order valence-corrected chi connectivity index (χ4v) is 3.73. The topological polar surface area (TPSA) is 62.3 Å². The number of hydrogen-bond donors (Lipinski definition) is 2. The molecule has 0 radical (unpaired) electrons. The van der Waals surface area contributed by atoms with Crippen LogP contribution in [-0.4, -0.2) is 42.3 Å². The average molecular weight is 371 g/mol. The number of halogens is 1. The van der Waals surface area contributed by atoms with Gasteiger partial charge < -0.3 is 20.3 Å². The Morgan fingerprint density at radius 2 is 2.07 bits per heavy atom. The molecule has 2 fully saturated rings. The quantitative estimate of drug-likeness (QED) is 0.811. The van der Waals surface area contributed by atoms with Gasteiger partial charge in [-0.05, 0) is 43.9 Å². The number of nitrogens with one attached hydrogen (secondary N) is 2. The summed E-state index contributed by atoms with van der Waals surface area (Å²) in [6, 6.07) is 7.40. The third-order valence-electron chi connectivity index (χ3n) is 5.13. The highest BCUT2D eigenvalue weighted by Crippen LogP contribution is 2.27. The van der Waals surface area contributed by atoms with Crippen molar-refractivity contribution in [3.63, 3.8) is 0 Å². The first-order valence-corrected chi connectivity index (χ1v) is 9.73. The lowest BCUT2D eigenvalue weighted by Gasteiger charge is -2.24. The van der Waals surface area contributed by atoms with Crippen molar-refractivity contribution in [1.82, 2.24) is 9.97 Å². The van der Waals surface area contributed by atoms with Gasteiger partial charge in [-0.1, -0.05) is 6.07 Å². The summed E-state index contributed by atoms with van der Waals surface area (Å²) < 4.78 is 20.0. The molecule has 2 aliphatic rings. The van der Waals surface area contributed by atoms with Crippen molar-refractivity contribution in [3.8, 4) is 0 Å². The van der Waals surface area contributed by atoms with Crippen molar-refractivity contribution >= 4 is 17.5 Å². The van der Waals surface area contributed by atoms with E-state index in [0.29, 0.717) is 24.7 Å². The van der Waals surface area contributed by atoms with Crippen molar-refractivity contribution in [1.29, 1.82) is 0 Å². The van der Waals surface area contributed by atoms with Gasteiger partial charge >= 0.3 is 0 Å². The SMILES string of the molecule is Fc1cccc(N2CCCC2)c1CNc1nccc(N[C@H]2CCCOC2)n1. The molecule has 2 aromatic rings. The zero-order valence-corrected chi connectivity index (χ0v) is 15.5. The Bertz CT molecular complexity index is 760. The van der Waals surface area contributed by atoms with Gasteiger partial charge in [0.15, 0.2) is 0 Å². The molecule has 0 saturated carbocycles. The van der Waals surface area contributed by atoms with Gasteiger partial charge in [-0.15, -0.1) is 0 Å². The van der Waals surface area contributed by atoms with Gasteiger partial charge in [-0.25, -0.2) is 9.37 Å². The Balaban J connectivity index is 1.43. The minimum atomic E-state index is -0.194. The summed E-state index contributed by atoms with van der Waals surface area (Å²) in [5.41, 5.74) is 1.63. The molecule has 144 valence electrons. The first kappa shape index (κ1) is 18.0. The summed E-state index contributed by atoms with van der Waals surface area (Å²) in [7, 11) is 0. The van der Waals surface area contributed by atoms with E-state index in [0.717, 1.165) is 56.9 Å². The zero-order valence-electron chi connectivity index (χ0n) is 15.5. The van der Waals surface area contributed by atoms with Crippen LogP contribution in [0.25, 0.3) is 0 Å². The first-order chi connectivity index (χ1) is 13.3. The number of nitrogens with zero attached hydrogens (tertiary/aromatic N) is 3. The zero-order chi connectivity index (χ0) is 18.5. The second-order valence-corrected chi connectivity index (χ2v) is 7.11. The molecule has 27 heavy (non-hydrogen) atoms. The van der Waals surface area contributed by atoms with E-state index in [1.165, 1.54) is 6.07 Å². The van der Waals surface area contributed by atoms with Crippen LogP contribution in [0.15, 0.2) is 30.5 Å². The number of hydrogen-bond acceptors (Lipinski definition) is 6. The third-order valence-corrected chi connectivity index (χ3v) is 5.13. The summed E-state index contributed by atoms with van der Waals surface area (Å²) in [5.74, 6) is 1.06. The highest BCUT2D eigenvalue weighted by atomic mass is 19.1. The molecule has 2 saturated heterocycles. The van der Waals surface area contributed by atoms with Crippen LogP contribution in [0.3, 0.4) is 0 Å². The number of benzene rings is 1. The van der Waals surface area contributed by atoms with Gasteiger partial charge in [0, 0.05) is 43.7 Å². The van der Waals surface area contributed by atoms with Crippen LogP contribution in [0.4, 0.5) is 21.8 Å². The number of rotatable bonds is 6. The average Bonchev–Trinajstić information content (AvgIpc) is 3.23. The Morgan fingerprint density at radius 1 is 1.19 bits per heavy atom. The van der Waals surface area contributed by atoms with E-state index in [1.807, 2.05) is 12.1 Å². The van der Waals surface area contributed by atoms with Gasteiger partial charge in [0.25, 0.3) is 0 Å². The van der Waals surface area contributed by atoms with Crippen molar-refractivity contribution < 1.29 is 9.13 Å². The molecule has 0 aliphatic carbocycles. The predicted octanol–water partition coefficient (Wildman–Crippen LogP) is 3.42. The molecule has 1 atom stereocenters. The molecule has 1 aromatic carbocycles. The molecule has 6 nitrogen and oxygen atoms in total. The second-order valence-electron chi connectivity index (χ2n) is 7.11. The van der Waals surface area contributed by atoms with Crippen molar-refractivity contribution in [2.45, 2.75) is 38.3 Å². The van der Waals surface area contributed by atoms with E-state index in [2.05, 4.69) is 25.5 Å². The van der Waals surface area contributed by atoms with E-state index in [4.69, 9.17) is 4.74 Å². The molecule has 1 aromatic heterocycles. The lowest BCUT2D eigenvalue weighted by Crippen LogP contribution is -2.30. The Labute approximate surface area is 159 Å². The molecule has 0 unspecified atom stereocenters. The number of anilines is 3. The van der Waals surface area contributed by atoms with Gasteiger partial charge in [-0.2, -0.15) is 4.98 Å². The van der Waals surface area contributed by atoms with Crippen molar-refractivity contribution in [2.24, 2.45) is 0 Å². The Hall–Kier alpha value is -2.41. The molecular weight excluding hydrogens is 345 g/mol. The normalized spacial score (nSPS) is 19.9. The smallest absolute Gasteiger partial charge is 0.224 e. The fourth-order valence-electron chi connectivity index (χ4n) is 3.73. The molecule has 4 rings (SSSR count). The summed E-state index contributed by atoms with van der Waals surface area (Å²) in [6.07, 6.45) is 6.15. The lowest BCUT2D eigenvalue weighted by atomic mass is 10.1. The number of ether oxygens (including phenoxy) is 1. The molecule has 0 amide bonds.